The Labute approximate surface area is 178 Å². The Kier molecular flexibility index (Phi) is 4.47. The van der Waals surface area contributed by atoms with Gasteiger partial charge in [-0.3, -0.25) is 0 Å². The minimum Gasteiger partial charge on any atom is -0.464 e. The molecule has 0 N–H and O–H groups in total. The fourth-order valence-electron chi connectivity index (χ4n) is 3.76. The summed E-state index contributed by atoms with van der Waals surface area (Å²) in [5.74, 6) is 0.854. The molecule has 5 rings (SSSR count). The van der Waals surface area contributed by atoms with Gasteiger partial charge in [0.25, 0.3) is 0 Å². The molecule has 140 valence electrons. The molecule has 0 amide bonds. The van der Waals surface area contributed by atoms with E-state index in [9.17, 15) is 0 Å². The molecule has 0 aromatic heterocycles. The highest BCUT2D eigenvalue weighted by atomic mass is 35.5. The number of ether oxygens (including phenoxy) is 1. The van der Waals surface area contributed by atoms with Gasteiger partial charge in [0.2, 0.25) is 6.23 Å². The summed E-state index contributed by atoms with van der Waals surface area (Å²) in [6.07, 6.45) is 0.360. The first-order valence-electron chi connectivity index (χ1n) is 8.92. The van der Waals surface area contributed by atoms with Crippen LogP contribution in [0.25, 0.3) is 0 Å². The van der Waals surface area contributed by atoms with Gasteiger partial charge in [0.15, 0.2) is 0 Å². The third-order valence-corrected chi connectivity index (χ3v) is 5.92. The van der Waals surface area contributed by atoms with Gasteiger partial charge in [0, 0.05) is 27.6 Å². The number of fused-ring (bicyclic) bond motifs is 3. The molecule has 0 unspecified atom stereocenters. The van der Waals surface area contributed by atoms with E-state index in [-0.39, 0.29) is 6.04 Å². The largest absolute Gasteiger partial charge is 0.464 e. The highest BCUT2D eigenvalue weighted by molar-refractivity contribution is 6.35. The molecule has 3 aromatic carbocycles. The van der Waals surface area contributed by atoms with Crippen LogP contribution in [0, 0.1) is 0 Å². The van der Waals surface area contributed by atoms with Crippen molar-refractivity contribution in [3.05, 3.63) is 98.5 Å². The second-order valence-electron chi connectivity index (χ2n) is 6.83. The van der Waals surface area contributed by atoms with E-state index in [4.69, 9.17) is 44.6 Å². The number of rotatable bonds is 2. The zero-order valence-corrected chi connectivity index (χ0v) is 16.9. The Morgan fingerprint density at radius 1 is 0.857 bits per heavy atom. The molecule has 0 fully saturated rings. The normalized spacial score (nSPS) is 20.2. The number of benzene rings is 3. The van der Waals surface area contributed by atoms with Crippen LogP contribution in [-0.4, -0.2) is 10.7 Å². The minimum atomic E-state index is -0.422. The summed E-state index contributed by atoms with van der Waals surface area (Å²) >= 11 is 18.6. The summed E-state index contributed by atoms with van der Waals surface area (Å²) < 4.78 is 6.33. The lowest BCUT2D eigenvalue weighted by Gasteiger charge is -2.38. The van der Waals surface area contributed by atoms with Crippen molar-refractivity contribution in [1.82, 2.24) is 5.01 Å². The lowest BCUT2D eigenvalue weighted by atomic mass is 9.96. The van der Waals surface area contributed by atoms with Gasteiger partial charge in [-0.05, 0) is 35.9 Å². The Morgan fingerprint density at radius 3 is 2.39 bits per heavy atom. The van der Waals surface area contributed by atoms with E-state index < -0.39 is 6.23 Å². The first kappa shape index (κ1) is 17.9. The fourth-order valence-corrected chi connectivity index (χ4v) is 4.39. The van der Waals surface area contributed by atoms with E-state index in [1.807, 2.05) is 59.6 Å². The van der Waals surface area contributed by atoms with E-state index in [0.29, 0.717) is 15.1 Å². The summed E-state index contributed by atoms with van der Waals surface area (Å²) in [6.45, 7) is 0. The number of para-hydroxylation sites is 1. The molecule has 2 heterocycles. The maximum absolute atomic E-state index is 6.50. The molecule has 3 nitrogen and oxygen atoms in total. The van der Waals surface area contributed by atoms with E-state index >= 15 is 0 Å². The van der Waals surface area contributed by atoms with Gasteiger partial charge in [0.05, 0.1) is 16.8 Å². The van der Waals surface area contributed by atoms with Crippen molar-refractivity contribution in [2.75, 3.05) is 0 Å². The maximum Gasteiger partial charge on any atom is 0.215 e. The summed E-state index contributed by atoms with van der Waals surface area (Å²) in [4.78, 5) is 0. The van der Waals surface area contributed by atoms with Crippen LogP contribution < -0.4 is 4.74 Å². The van der Waals surface area contributed by atoms with Crippen LogP contribution in [0.5, 0.6) is 5.75 Å². The van der Waals surface area contributed by atoms with E-state index in [1.165, 1.54) is 0 Å². The van der Waals surface area contributed by atoms with Gasteiger partial charge in [-0.25, -0.2) is 5.01 Å². The second-order valence-corrected chi connectivity index (χ2v) is 8.11. The number of hydrazone groups is 1. The molecule has 6 heteroatoms. The standard InChI is InChI=1S/C22H15Cl3N2O/c23-14-7-5-13(6-8-14)19-12-20-17-3-1-2-4-21(17)28-22(27(20)26-19)16-10-9-15(24)11-18(16)25/h1-11,20,22H,12H2/t20-,22+/m0/s1. The molecule has 0 bridgehead atoms. The van der Waals surface area contributed by atoms with Crippen LogP contribution in [0.1, 0.15) is 35.4 Å². The van der Waals surface area contributed by atoms with Gasteiger partial charge in [-0.15, -0.1) is 0 Å². The van der Waals surface area contributed by atoms with E-state index in [1.54, 1.807) is 6.07 Å². The van der Waals surface area contributed by atoms with Crippen molar-refractivity contribution in [2.24, 2.45) is 5.10 Å². The SMILES string of the molecule is Clc1ccc(C2=NN3[C@@H](c4ccc(Cl)cc4Cl)Oc4ccccc4[C@@H]3C2)cc1. The van der Waals surface area contributed by atoms with Crippen LogP contribution in [0.3, 0.4) is 0 Å². The molecule has 0 spiro atoms. The van der Waals surface area contributed by atoms with E-state index in [2.05, 4.69) is 6.07 Å². The van der Waals surface area contributed by atoms with Gasteiger partial charge in [0.1, 0.15) is 5.75 Å². The number of nitrogens with zero attached hydrogens (tertiary/aromatic N) is 2. The average molecular weight is 430 g/mol. The van der Waals surface area contributed by atoms with Crippen molar-refractivity contribution in [1.29, 1.82) is 0 Å². The van der Waals surface area contributed by atoms with Crippen LogP contribution in [0.15, 0.2) is 71.8 Å². The minimum absolute atomic E-state index is 0.0763. The molecule has 0 aliphatic carbocycles. The number of halogens is 3. The molecule has 28 heavy (non-hydrogen) atoms. The first-order chi connectivity index (χ1) is 13.6. The average Bonchev–Trinajstić information content (AvgIpc) is 3.14. The lowest BCUT2D eigenvalue weighted by molar-refractivity contribution is -0.0189. The Balaban J connectivity index is 1.61. The first-order valence-corrected chi connectivity index (χ1v) is 10.1. The van der Waals surface area contributed by atoms with Gasteiger partial charge in [-0.1, -0.05) is 71.2 Å². The molecule has 2 aliphatic heterocycles. The lowest BCUT2D eigenvalue weighted by Crippen LogP contribution is -2.33. The van der Waals surface area contributed by atoms with E-state index in [0.717, 1.165) is 34.6 Å². The molecule has 0 radical (unpaired) electrons. The smallest absolute Gasteiger partial charge is 0.215 e. The molecule has 3 aromatic rings. The zero-order valence-electron chi connectivity index (χ0n) is 14.6. The van der Waals surface area contributed by atoms with Crippen molar-refractivity contribution >= 4 is 40.5 Å². The third kappa shape index (κ3) is 3.04. The highest BCUT2D eigenvalue weighted by Gasteiger charge is 2.41. The van der Waals surface area contributed by atoms with Crippen molar-refractivity contribution in [3.8, 4) is 5.75 Å². The topological polar surface area (TPSA) is 24.8 Å². The van der Waals surface area contributed by atoms with Crippen LogP contribution >= 0.6 is 34.8 Å². The summed E-state index contributed by atoms with van der Waals surface area (Å²) in [5.41, 5.74) is 4.01. The Hall–Kier alpha value is -2.20. The zero-order chi connectivity index (χ0) is 19.3. The van der Waals surface area contributed by atoms with Crippen LogP contribution in [-0.2, 0) is 0 Å². The van der Waals surface area contributed by atoms with Gasteiger partial charge < -0.3 is 4.74 Å². The number of hydrogen-bond acceptors (Lipinski definition) is 3. The van der Waals surface area contributed by atoms with Gasteiger partial charge in [-0.2, -0.15) is 5.10 Å². The summed E-state index contributed by atoms with van der Waals surface area (Å²) in [5, 5.41) is 8.78. The molecule has 0 saturated heterocycles. The maximum atomic E-state index is 6.50. The predicted molar refractivity (Wildman–Crippen MR) is 113 cm³/mol. The Morgan fingerprint density at radius 2 is 1.61 bits per heavy atom. The highest BCUT2D eigenvalue weighted by Crippen LogP contribution is 2.48. The number of hydrogen-bond donors (Lipinski definition) is 0. The summed E-state index contributed by atoms with van der Waals surface area (Å²) in [6, 6.07) is 21.4. The van der Waals surface area contributed by atoms with Crippen LogP contribution in [0.4, 0.5) is 0 Å². The van der Waals surface area contributed by atoms with Crippen molar-refractivity contribution in [3.63, 3.8) is 0 Å². The molecular weight excluding hydrogens is 415 g/mol. The molecule has 2 atom stereocenters. The van der Waals surface area contributed by atoms with Gasteiger partial charge >= 0.3 is 0 Å². The quantitative estimate of drug-likeness (QED) is 0.443. The summed E-state index contributed by atoms with van der Waals surface area (Å²) in [7, 11) is 0. The second kappa shape index (κ2) is 7.00. The fraction of sp³-hybridized carbons (Fsp3) is 0.136. The van der Waals surface area contributed by atoms with Crippen molar-refractivity contribution < 1.29 is 4.74 Å². The van der Waals surface area contributed by atoms with Crippen LogP contribution in [0.2, 0.25) is 15.1 Å². The molecule has 2 aliphatic rings. The monoisotopic (exact) mass is 428 g/mol. The molecule has 0 saturated carbocycles. The predicted octanol–water partition coefficient (Wildman–Crippen LogP) is 6.89. The Bertz CT molecular complexity index is 1080. The molecular formula is C22H15Cl3N2O. The van der Waals surface area contributed by atoms with Crippen molar-refractivity contribution in [2.45, 2.75) is 18.7 Å². The third-order valence-electron chi connectivity index (χ3n) is 5.11.